The number of hydrogen-bond acceptors (Lipinski definition) is 8. The van der Waals surface area contributed by atoms with Crippen molar-refractivity contribution in [3.05, 3.63) is 58.9 Å². The van der Waals surface area contributed by atoms with E-state index >= 15 is 0 Å². The number of benzene rings is 1. The van der Waals surface area contributed by atoms with Crippen LogP contribution in [0.5, 0.6) is 5.75 Å². The summed E-state index contributed by atoms with van der Waals surface area (Å²) < 4.78 is 10.7. The lowest BCUT2D eigenvalue weighted by Crippen LogP contribution is -2.65. The summed E-state index contributed by atoms with van der Waals surface area (Å²) in [4.78, 5) is 4.37. The molecule has 2 heterocycles. The van der Waals surface area contributed by atoms with Gasteiger partial charge in [0.15, 0.2) is 0 Å². The highest BCUT2D eigenvalue weighted by molar-refractivity contribution is 5.36. The first-order valence-electron chi connectivity index (χ1n) is 9.39. The van der Waals surface area contributed by atoms with Crippen molar-refractivity contribution >= 4 is 0 Å². The molecule has 1 saturated heterocycles. The third-order valence-electron chi connectivity index (χ3n) is 5.21. The molecule has 8 heteroatoms. The molecule has 0 saturated carbocycles. The SMILES string of the molecule is COc1ccc(Cc2ccc(C)nc2[C@@]2(O)O[C@H]([C@H](C)O)[C@@H](O)[C@H](O)[C@H]2O)cc1. The fourth-order valence-corrected chi connectivity index (χ4v) is 3.54. The zero-order chi connectivity index (χ0) is 21.3. The molecule has 0 aliphatic carbocycles. The summed E-state index contributed by atoms with van der Waals surface area (Å²) in [5.74, 6) is -1.70. The van der Waals surface area contributed by atoms with Gasteiger partial charge in [0.25, 0.3) is 0 Å². The fraction of sp³-hybridized carbons (Fsp3) is 0.476. The van der Waals surface area contributed by atoms with Crippen molar-refractivity contribution in [2.24, 2.45) is 0 Å². The van der Waals surface area contributed by atoms with Gasteiger partial charge in [0, 0.05) is 5.69 Å². The third kappa shape index (κ3) is 4.13. The number of aliphatic hydroxyl groups is 5. The first-order valence-corrected chi connectivity index (χ1v) is 9.39. The Morgan fingerprint density at radius 3 is 2.34 bits per heavy atom. The van der Waals surface area contributed by atoms with Gasteiger partial charge in [0.05, 0.1) is 13.2 Å². The van der Waals surface area contributed by atoms with E-state index in [0.29, 0.717) is 23.4 Å². The highest BCUT2D eigenvalue weighted by Crippen LogP contribution is 2.38. The second-order valence-electron chi connectivity index (χ2n) is 7.43. The van der Waals surface area contributed by atoms with Gasteiger partial charge in [-0.25, -0.2) is 0 Å². The summed E-state index contributed by atoms with van der Waals surface area (Å²) in [6.45, 7) is 3.08. The van der Waals surface area contributed by atoms with Gasteiger partial charge in [-0.05, 0) is 49.6 Å². The predicted molar refractivity (Wildman–Crippen MR) is 103 cm³/mol. The lowest BCUT2D eigenvalue weighted by atomic mass is 9.86. The summed E-state index contributed by atoms with van der Waals surface area (Å²) in [5.41, 5.74) is 2.06. The lowest BCUT2D eigenvalue weighted by Gasteiger charge is -2.46. The molecular weight excluding hydrogens is 378 g/mol. The van der Waals surface area contributed by atoms with Crippen molar-refractivity contribution in [2.75, 3.05) is 7.11 Å². The van der Waals surface area contributed by atoms with Crippen LogP contribution in [0.3, 0.4) is 0 Å². The molecule has 1 aliphatic rings. The molecule has 2 aromatic rings. The molecule has 1 aliphatic heterocycles. The molecule has 0 unspecified atom stereocenters. The van der Waals surface area contributed by atoms with Crippen LogP contribution in [0.2, 0.25) is 0 Å². The normalized spacial score (nSPS) is 30.8. The average molecular weight is 405 g/mol. The molecule has 0 spiro atoms. The fourth-order valence-electron chi connectivity index (χ4n) is 3.54. The van der Waals surface area contributed by atoms with Gasteiger partial charge in [0.2, 0.25) is 5.79 Å². The van der Waals surface area contributed by atoms with Crippen LogP contribution in [-0.4, -0.2) is 68.1 Å². The second-order valence-corrected chi connectivity index (χ2v) is 7.43. The summed E-state index contributed by atoms with van der Waals surface area (Å²) >= 11 is 0. The second kappa shape index (κ2) is 8.35. The standard InChI is InChI=1S/C21H27NO7/c1-11-4-7-14(10-13-5-8-15(28-3)9-6-13)19(22-11)21(27)20(26)17(25)16(24)18(29-21)12(2)23/h4-9,12,16-18,20,23-27H,10H2,1-3H3/t12-,16-,17-,18+,20+,21+/m0/s1. The molecular formula is C21H27NO7. The van der Waals surface area contributed by atoms with E-state index < -0.39 is 36.3 Å². The number of hydrogen-bond donors (Lipinski definition) is 5. The zero-order valence-electron chi connectivity index (χ0n) is 16.6. The van der Waals surface area contributed by atoms with Crippen LogP contribution in [0.15, 0.2) is 36.4 Å². The first kappa shape index (κ1) is 21.6. The first-order chi connectivity index (χ1) is 13.7. The summed E-state index contributed by atoms with van der Waals surface area (Å²) in [6.07, 6.45) is -7.31. The predicted octanol–water partition coefficient (Wildman–Crippen LogP) is -0.00318. The zero-order valence-corrected chi connectivity index (χ0v) is 16.6. The number of aryl methyl sites for hydroxylation is 1. The molecule has 3 rings (SSSR count). The Kier molecular flexibility index (Phi) is 6.23. The third-order valence-corrected chi connectivity index (χ3v) is 5.21. The molecule has 0 amide bonds. The summed E-state index contributed by atoms with van der Waals surface area (Å²) in [7, 11) is 1.58. The maximum absolute atomic E-state index is 11.2. The number of aliphatic hydroxyl groups excluding tert-OH is 4. The number of methoxy groups -OCH3 is 1. The van der Waals surface area contributed by atoms with Crippen molar-refractivity contribution in [1.82, 2.24) is 4.98 Å². The van der Waals surface area contributed by atoms with E-state index in [0.717, 1.165) is 5.56 Å². The van der Waals surface area contributed by atoms with E-state index in [2.05, 4.69) is 4.98 Å². The molecule has 0 radical (unpaired) electrons. The van der Waals surface area contributed by atoms with Gasteiger partial charge in [-0.15, -0.1) is 0 Å². The number of rotatable bonds is 5. The van der Waals surface area contributed by atoms with E-state index in [1.54, 1.807) is 38.3 Å². The van der Waals surface area contributed by atoms with E-state index in [1.807, 2.05) is 12.1 Å². The van der Waals surface area contributed by atoms with Crippen molar-refractivity contribution in [3.8, 4) is 5.75 Å². The number of pyridine rings is 1. The van der Waals surface area contributed by atoms with Crippen molar-refractivity contribution in [2.45, 2.75) is 56.6 Å². The van der Waals surface area contributed by atoms with Crippen molar-refractivity contribution < 1.29 is 35.0 Å². The lowest BCUT2D eigenvalue weighted by molar-refractivity contribution is -0.365. The van der Waals surface area contributed by atoms with Crippen molar-refractivity contribution in [3.63, 3.8) is 0 Å². The van der Waals surface area contributed by atoms with Crippen LogP contribution in [0.4, 0.5) is 0 Å². The van der Waals surface area contributed by atoms with E-state index in [1.165, 1.54) is 6.92 Å². The molecule has 158 valence electrons. The van der Waals surface area contributed by atoms with Crippen LogP contribution in [0.25, 0.3) is 0 Å². The monoisotopic (exact) mass is 405 g/mol. The minimum absolute atomic E-state index is 0.0254. The van der Waals surface area contributed by atoms with Gasteiger partial charge in [-0.2, -0.15) is 0 Å². The van der Waals surface area contributed by atoms with Crippen LogP contribution in [0, 0.1) is 6.92 Å². The molecule has 1 aromatic carbocycles. The minimum Gasteiger partial charge on any atom is -0.497 e. The van der Waals surface area contributed by atoms with Gasteiger partial charge in [-0.3, -0.25) is 4.98 Å². The number of ether oxygens (including phenoxy) is 2. The van der Waals surface area contributed by atoms with E-state index in [-0.39, 0.29) is 5.69 Å². The quantitative estimate of drug-likeness (QED) is 0.470. The Labute approximate surface area is 169 Å². The maximum Gasteiger partial charge on any atom is 0.240 e. The average Bonchev–Trinajstić information content (AvgIpc) is 2.71. The molecule has 29 heavy (non-hydrogen) atoms. The molecule has 8 nitrogen and oxygen atoms in total. The summed E-state index contributed by atoms with van der Waals surface area (Å²) in [5, 5.41) is 52.1. The smallest absolute Gasteiger partial charge is 0.240 e. The van der Waals surface area contributed by atoms with Crippen LogP contribution < -0.4 is 4.74 Å². The number of aromatic nitrogens is 1. The Morgan fingerprint density at radius 1 is 1.10 bits per heavy atom. The van der Waals surface area contributed by atoms with Crippen LogP contribution in [-0.2, 0) is 16.9 Å². The highest BCUT2D eigenvalue weighted by Gasteiger charge is 2.56. The van der Waals surface area contributed by atoms with E-state index in [9.17, 15) is 25.5 Å². The highest BCUT2D eigenvalue weighted by atomic mass is 16.7. The summed E-state index contributed by atoms with van der Waals surface area (Å²) in [6, 6.07) is 10.9. The topological polar surface area (TPSA) is 132 Å². The van der Waals surface area contributed by atoms with Crippen LogP contribution in [0.1, 0.15) is 29.4 Å². The van der Waals surface area contributed by atoms with Crippen LogP contribution >= 0.6 is 0 Å². The Balaban J connectivity index is 2.02. The Morgan fingerprint density at radius 2 is 1.76 bits per heavy atom. The minimum atomic E-state index is -2.41. The largest absolute Gasteiger partial charge is 0.497 e. The molecule has 0 bridgehead atoms. The van der Waals surface area contributed by atoms with Gasteiger partial charge in [-0.1, -0.05) is 18.2 Å². The van der Waals surface area contributed by atoms with Gasteiger partial charge in [0.1, 0.15) is 35.9 Å². The number of nitrogens with zero attached hydrogens (tertiary/aromatic N) is 1. The van der Waals surface area contributed by atoms with E-state index in [4.69, 9.17) is 9.47 Å². The molecule has 5 N–H and O–H groups in total. The van der Waals surface area contributed by atoms with Gasteiger partial charge >= 0.3 is 0 Å². The van der Waals surface area contributed by atoms with Gasteiger partial charge < -0.3 is 35.0 Å². The maximum atomic E-state index is 11.2. The Hall–Kier alpha value is -2.07. The Bertz CT molecular complexity index is 841. The molecule has 1 aromatic heterocycles. The molecule has 6 atom stereocenters. The van der Waals surface area contributed by atoms with Crippen molar-refractivity contribution in [1.29, 1.82) is 0 Å². The molecule has 1 fully saturated rings.